The molecule has 0 aliphatic carbocycles. The van der Waals surface area contributed by atoms with Gasteiger partial charge in [0.05, 0.1) is 0 Å². The molecule has 786 valence electrons. The number of rotatable bonds is 87. The number of nitrogens with one attached hydrogen (secondary N) is 24. The average molecular weight is 1980 g/mol. The zero-order valence-electron chi connectivity index (χ0n) is 80.3. The topological polar surface area (TPSA) is 728 Å². The molecule has 0 saturated carbocycles. The molecule has 0 unspecified atom stereocenters. The van der Waals surface area contributed by atoms with Gasteiger partial charge in [0.1, 0.15) is 19.8 Å². The maximum Gasteiger partial charge on any atom is 0.410 e. The maximum absolute atomic E-state index is 12.8. The molecule has 22 amide bonds. The lowest BCUT2D eigenvalue weighted by Crippen LogP contribution is -2.43. The fraction of sp³-hybridized carbons (Fsp3) is 0.674. The number of nitrogens with zero attached hydrogens (tertiary/aromatic N) is 3. The largest absolute Gasteiger partial charge is 0.445 e. The van der Waals surface area contributed by atoms with Gasteiger partial charge >= 0.3 is 18.3 Å². The van der Waals surface area contributed by atoms with Crippen molar-refractivity contribution in [3.05, 3.63) is 38.0 Å². The highest BCUT2D eigenvalue weighted by molar-refractivity contribution is 5.89. The molecule has 139 heavy (non-hydrogen) atoms. The Hall–Kier alpha value is -13.3. The van der Waals surface area contributed by atoms with Crippen LogP contribution in [0.2, 0.25) is 0 Å². The standard InChI is InChI=1S/C86H152N28O25/c1-5-62-137-84(134)112(56-50-106-78(128)20-14-72(122)96-40-27-88-26-38-94-65(4)115)57-52-108-80(130)22-16-74(124)102-46-34-90-30-41-97-68(118)10-11-69(119)99-43-32-92-36-48-104-76(126)18-24-82(132)110-54-60-114(86(136)139-64-7-3)61-55-111-83(133)25-19-77(127)105-49-37-93-33-44-100-71(121)13-12-70(120)98-42-31-91-35-47-103-75(125)17-23-81(131)109-53-59-113(85(135)138-63-6-2)58-51-107-79(129)21-15-73(123)101-45-29-89-28-39-95-67(117)9-8-66(87)116/h5-7,88-93H,1-3,8-64H2,4H3,(H2,87,116)(H,94,115)(H,95,117)(H,96,122)(H,97,118)(H,98,120)(H,99,119)(H,100,121)(H,101,123)(H,102,124)(H,103,125)(H,104,126)(H,105,127)(H,106,128)(H,107,129)(H,108,130)(H,109,131)(H,110,132)(H,111,133). The molecule has 0 aromatic carbocycles. The van der Waals surface area contributed by atoms with Crippen molar-refractivity contribution in [1.82, 2.24) is 142 Å². The van der Waals surface area contributed by atoms with Gasteiger partial charge in [-0.15, -0.1) is 0 Å². The quantitative estimate of drug-likeness (QED) is 0.0153. The smallest absolute Gasteiger partial charge is 0.410 e. The number of carbonyl (C=O) groups excluding carboxylic acids is 22. The lowest BCUT2D eigenvalue weighted by molar-refractivity contribution is -0.126. The van der Waals surface area contributed by atoms with Crippen LogP contribution in [0.1, 0.15) is 122 Å². The predicted octanol–water partition coefficient (Wildman–Crippen LogP) is -9.98. The second-order valence-electron chi connectivity index (χ2n) is 30.5. The molecule has 0 rings (SSSR count). The van der Waals surface area contributed by atoms with E-state index in [9.17, 15) is 105 Å². The van der Waals surface area contributed by atoms with E-state index in [4.69, 9.17) is 19.9 Å². The molecule has 0 aromatic heterocycles. The number of primary amides is 1. The highest BCUT2D eigenvalue weighted by atomic mass is 16.6. The number of carbonyl (C=O) groups is 22. The van der Waals surface area contributed by atoms with Crippen LogP contribution in [0.3, 0.4) is 0 Å². The second-order valence-corrected chi connectivity index (χ2v) is 30.5. The van der Waals surface area contributed by atoms with E-state index in [2.05, 4.69) is 147 Å². The Labute approximate surface area is 810 Å². The van der Waals surface area contributed by atoms with Crippen LogP contribution in [-0.2, 0) is 105 Å². The summed E-state index contributed by atoms with van der Waals surface area (Å²) in [4.78, 5) is 273. The Morgan fingerprint density at radius 1 is 0.194 bits per heavy atom. The van der Waals surface area contributed by atoms with Gasteiger partial charge in [0.2, 0.25) is 112 Å². The van der Waals surface area contributed by atoms with E-state index < -0.39 is 59.6 Å². The number of ether oxygens (including phenoxy) is 3. The maximum atomic E-state index is 12.8. The predicted molar refractivity (Wildman–Crippen MR) is 509 cm³/mol. The third-order valence-electron chi connectivity index (χ3n) is 18.7. The highest BCUT2D eigenvalue weighted by Gasteiger charge is 2.22. The number of amides is 22. The molecule has 0 fully saturated rings. The average Bonchev–Trinajstić information content (AvgIpc) is 0.934. The van der Waals surface area contributed by atoms with E-state index in [1.807, 2.05) is 0 Å². The molecule has 0 aliphatic rings. The van der Waals surface area contributed by atoms with Crippen LogP contribution in [0.4, 0.5) is 14.4 Å². The van der Waals surface area contributed by atoms with E-state index in [0.717, 1.165) is 0 Å². The summed E-state index contributed by atoms with van der Waals surface area (Å²) in [5.41, 5.74) is 5.02. The van der Waals surface area contributed by atoms with Crippen LogP contribution >= 0.6 is 0 Å². The van der Waals surface area contributed by atoms with Gasteiger partial charge < -0.3 is 162 Å². The van der Waals surface area contributed by atoms with E-state index in [1.165, 1.54) is 39.9 Å². The van der Waals surface area contributed by atoms with Crippen molar-refractivity contribution in [2.24, 2.45) is 5.73 Å². The first-order valence-corrected chi connectivity index (χ1v) is 46.7. The van der Waals surface area contributed by atoms with Gasteiger partial charge in [0.25, 0.3) is 0 Å². The van der Waals surface area contributed by atoms with E-state index in [-0.39, 0.29) is 344 Å². The Morgan fingerprint density at radius 2 is 0.317 bits per heavy atom. The van der Waals surface area contributed by atoms with Crippen molar-refractivity contribution < 1.29 is 120 Å². The van der Waals surface area contributed by atoms with Crippen molar-refractivity contribution in [3.63, 3.8) is 0 Å². The SMILES string of the molecule is C=CCOC(=O)N(CCNC(=O)CCC(=O)NCCNCCNC(C)=O)CCNC(=O)CCC(=O)NCCNCCNC(=O)CCC(=O)NCCNCCNC(=O)CCC(=O)NCCN(CCNC(=O)CCC(=O)NCCNCCNC(=O)CCC(=O)NCCNCCNC(=O)CCC(=O)NCCN(CCNC(=O)CCC(=O)NCCNCCNC(=O)CCC(N)=O)C(=O)OCC=C)C(=O)OCC=C. The minimum atomic E-state index is -0.729. The summed E-state index contributed by atoms with van der Waals surface area (Å²) in [5, 5.41) is 66.5. The van der Waals surface area contributed by atoms with Gasteiger partial charge in [-0.3, -0.25) is 91.1 Å². The highest BCUT2D eigenvalue weighted by Crippen LogP contribution is 2.02. The van der Waals surface area contributed by atoms with Crippen molar-refractivity contribution in [2.75, 3.05) is 255 Å². The third-order valence-corrected chi connectivity index (χ3v) is 18.7. The first kappa shape index (κ1) is 126. The van der Waals surface area contributed by atoms with Crippen molar-refractivity contribution in [3.8, 4) is 0 Å². The first-order valence-electron chi connectivity index (χ1n) is 46.7. The molecule has 0 bridgehead atoms. The molecule has 0 saturated heterocycles. The lowest BCUT2D eigenvalue weighted by atomic mass is 10.2. The Kier molecular flexibility index (Phi) is 78.1. The molecule has 0 spiro atoms. The van der Waals surface area contributed by atoms with Gasteiger partial charge in [0.15, 0.2) is 0 Å². The first-order chi connectivity index (χ1) is 66.8. The Balaban J connectivity index is 4.16. The van der Waals surface area contributed by atoms with Crippen LogP contribution in [-0.4, -0.2) is 401 Å². The van der Waals surface area contributed by atoms with Crippen LogP contribution in [0.5, 0.6) is 0 Å². The van der Waals surface area contributed by atoms with E-state index in [1.54, 1.807) is 0 Å². The minimum absolute atomic E-state index is 0.000443. The van der Waals surface area contributed by atoms with Crippen LogP contribution in [0.25, 0.3) is 0 Å². The fourth-order valence-electron chi connectivity index (χ4n) is 11.4. The van der Waals surface area contributed by atoms with Crippen molar-refractivity contribution >= 4 is 131 Å². The summed E-state index contributed by atoms with van der Waals surface area (Å²) >= 11 is 0. The summed E-state index contributed by atoms with van der Waals surface area (Å²) in [6.45, 7) is 20.2. The Bertz CT molecular complexity index is 3730. The summed E-state index contributed by atoms with van der Waals surface area (Å²) < 4.78 is 15.4. The van der Waals surface area contributed by atoms with Crippen LogP contribution < -0.4 is 133 Å². The van der Waals surface area contributed by atoms with E-state index in [0.29, 0.717) is 98.2 Å². The molecular formula is C86H152N28O25. The normalized spacial score (nSPS) is 10.5. The molecule has 0 aromatic rings. The number of hydrogen-bond acceptors (Lipinski definition) is 31. The zero-order chi connectivity index (χ0) is 103. The molecule has 0 aliphatic heterocycles. The third kappa shape index (κ3) is 81.6. The monoisotopic (exact) mass is 1980 g/mol. The molecule has 53 heteroatoms. The molecule has 26 N–H and O–H groups in total. The second kappa shape index (κ2) is 86.3. The summed E-state index contributed by atoms with van der Waals surface area (Å²) in [5.74, 6) is -7.12. The van der Waals surface area contributed by atoms with Gasteiger partial charge in [-0.25, -0.2) is 14.4 Å². The Morgan fingerprint density at radius 3 is 0.439 bits per heavy atom. The van der Waals surface area contributed by atoms with Gasteiger partial charge in [-0.05, 0) is 0 Å². The molecule has 53 nitrogen and oxygen atoms in total. The summed E-state index contributed by atoms with van der Waals surface area (Å²) in [7, 11) is 0. The van der Waals surface area contributed by atoms with Crippen molar-refractivity contribution in [1.29, 1.82) is 0 Å². The van der Waals surface area contributed by atoms with Crippen LogP contribution in [0.15, 0.2) is 38.0 Å². The fourth-order valence-corrected chi connectivity index (χ4v) is 11.4. The summed E-state index contributed by atoms with van der Waals surface area (Å²) in [6.07, 6.45) is 0.487. The van der Waals surface area contributed by atoms with Gasteiger partial charge in [-0.1, -0.05) is 38.0 Å². The van der Waals surface area contributed by atoms with Gasteiger partial charge in [0, 0.05) is 358 Å². The van der Waals surface area contributed by atoms with Gasteiger partial charge in [-0.2, -0.15) is 0 Å². The number of nitrogens with two attached hydrogens (primary N) is 1. The minimum Gasteiger partial charge on any atom is -0.445 e. The van der Waals surface area contributed by atoms with Crippen LogP contribution in [0, 0.1) is 0 Å². The molecule has 0 heterocycles. The van der Waals surface area contributed by atoms with E-state index >= 15 is 0 Å². The zero-order valence-corrected chi connectivity index (χ0v) is 80.3. The lowest BCUT2D eigenvalue weighted by Gasteiger charge is -2.22. The molecule has 0 atom stereocenters. The molecule has 0 radical (unpaired) electrons. The van der Waals surface area contributed by atoms with Crippen molar-refractivity contribution in [2.45, 2.75) is 122 Å². The summed E-state index contributed by atoms with van der Waals surface area (Å²) in [6, 6.07) is 0. The number of hydrogen-bond donors (Lipinski definition) is 25. The molecular weight excluding hydrogens is 1830 g/mol.